The van der Waals surface area contributed by atoms with Crippen LogP contribution in [0.5, 0.6) is 0 Å². The Bertz CT molecular complexity index is 273. The van der Waals surface area contributed by atoms with Crippen molar-refractivity contribution in [2.45, 2.75) is 38.3 Å². The molecule has 1 amide bonds. The minimum absolute atomic E-state index is 0.00211. The van der Waals surface area contributed by atoms with Crippen LogP contribution in [0.1, 0.15) is 26.7 Å². The van der Waals surface area contributed by atoms with Crippen LogP contribution in [-0.4, -0.2) is 72.9 Å². The molecule has 5 heteroatoms. The summed E-state index contributed by atoms with van der Waals surface area (Å²) in [5.74, 6) is -0.0337. The zero-order valence-electron chi connectivity index (χ0n) is 12.0. The average molecular weight is 258 g/mol. The average Bonchev–Trinajstić information content (AvgIpc) is 2.36. The Morgan fingerprint density at radius 2 is 2.00 bits per heavy atom. The van der Waals surface area contributed by atoms with E-state index in [2.05, 4.69) is 11.9 Å². The van der Waals surface area contributed by atoms with Crippen LogP contribution in [0.4, 0.5) is 0 Å². The third-order valence-electron chi connectivity index (χ3n) is 3.76. The van der Waals surface area contributed by atoms with Gasteiger partial charge in [-0.15, -0.1) is 0 Å². The summed E-state index contributed by atoms with van der Waals surface area (Å²) >= 11 is 0. The molecule has 106 valence electrons. The number of methoxy groups -OCH3 is 1. The second kappa shape index (κ2) is 6.50. The van der Waals surface area contributed by atoms with Crippen molar-refractivity contribution < 1.29 is 14.6 Å². The van der Waals surface area contributed by atoms with Gasteiger partial charge in [-0.05, 0) is 46.8 Å². The Hall–Kier alpha value is -0.650. The Morgan fingerprint density at radius 3 is 2.44 bits per heavy atom. The summed E-state index contributed by atoms with van der Waals surface area (Å²) in [6.07, 6.45) is 1.92. The van der Waals surface area contributed by atoms with Gasteiger partial charge in [-0.3, -0.25) is 4.79 Å². The van der Waals surface area contributed by atoms with E-state index in [9.17, 15) is 4.79 Å². The third kappa shape index (κ3) is 3.67. The van der Waals surface area contributed by atoms with Gasteiger partial charge in [0.05, 0.1) is 6.61 Å². The normalized spacial score (nSPS) is 18.9. The Balaban J connectivity index is 2.73. The first-order valence-electron chi connectivity index (χ1n) is 6.58. The standard InChI is InChI=1S/C13H26N2O3/c1-13(2,18-4)12(17)15(9-10-16)11-5-7-14(3)8-6-11/h11,16H,5-10H2,1-4H3. The van der Waals surface area contributed by atoms with Crippen molar-refractivity contribution >= 4 is 5.91 Å². The highest BCUT2D eigenvalue weighted by molar-refractivity contribution is 5.84. The second-order valence-corrected chi connectivity index (χ2v) is 5.47. The summed E-state index contributed by atoms with van der Waals surface area (Å²) < 4.78 is 5.26. The minimum atomic E-state index is -0.821. The molecule has 1 saturated heterocycles. The van der Waals surface area contributed by atoms with E-state index in [1.54, 1.807) is 25.9 Å². The zero-order chi connectivity index (χ0) is 13.8. The predicted octanol–water partition coefficient (Wildman–Crippen LogP) is 0.327. The molecule has 0 aromatic rings. The molecule has 0 aromatic heterocycles. The quantitative estimate of drug-likeness (QED) is 0.772. The number of amides is 1. The van der Waals surface area contributed by atoms with E-state index in [-0.39, 0.29) is 18.6 Å². The van der Waals surface area contributed by atoms with Crippen molar-refractivity contribution in [2.75, 3.05) is 40.4 Å². The Labute approximate surface area is 110 Å². The number of nitrogens with zero attached hydrogens (tertiary/aromatic N) is 2. The summed E-state index contributed by atoms with van der Waals surface area (Å²) in [6.45, 7) is 5.92. The third-order valence-corrected chi connectivity index (χ3v) is 3.76. The van der Waals surface area contributed by atoms with E-state index < -0.39 is 5.60 Å². The molecule has 1 aliphatic heterocycles. The fourth-order valence-electron chi connectivity index (χ4n) is 2.30. The van der Waals surface area contributed by atoms with E-state index in [1.165, 1.54) is 0 Å². The smallest absolute Gasteiger partial charge is 0.254 e. The molecule has 1 aliphatic rings. The molecule has 5 nitrogen and oxygen atoms in total. The number of hydrogen-bond donors (Lipinski definition) is 1. The molecule has 0 bridgehead atoms. The van der Waals surface area contributed by atoms with Crippen LogP contribution < -0.4 is 0 Å². The van der Waals surface area contributed by atoms with Crippen molar-refractivity contribution in [1.82, 2.24) is 9.80 Å². The largest absolute Gasteiger partial charge is 0.395 e. The van der Waals surface area contributed by atoms with E-state index >= 15 is 0 Å². The summed E-state index contributed by atoms with van der Waals surface area (Å²) in [5, 5.41) is 9.16. The highest BCUT2D eigenvalue weighted by Crippen LogP contribution is 2.20. The number of piperidine rings is 1. The number of aliphatic hydroxyl groups is 1. The maximum Gasteiger partial charge on any atom is 0.254 e. The van der Waals surface area contributed by atoms with E-state index in [1.807, 2.05) is 0 Å². The van der Waals surface area contributed by atoms with Crippen LogP contribution in [0.2, 0.25) is 0 Å². The predicted molar refractivity (Wildman–Crippen MR) is 70.4 cm³/mol. The molecule has 1 heterocycles. The zero-order valence-corrected chi connectivity index (χ0v) is 12.0. The Kier molecular flexibility index (Phi) is 5.56. The molecule has 18 heavy (non-hydrogen) atoms. The van der Waals surface area contributed by atoms with Gasteiger partial charge in [0.15, 0.2) is 0 Å². The molecule has 0 atom stereocenters. The van der Waals surface area contributed by atoms with Gasteiger partial charge >= 0.3 is 0 Å². The Morgan fingerprint density at radius 1 is 1.44 bits per heavy atom. The highest BCUT2D eigenvalue weighted by Gasteiger charge is 2.36. The van der Waals surface area contributed by atoms with Crippen LogP contribution in [0.3, 0.4) is 0 Å². The van der Waals surface area contributed by atoms with Gasteiger partial charge in [0.1, 0.15) is 5.60 Å². The van der Waals surface area contributed by atoms with E-state index in [0.29, 0.717) is 6.54 Å². The lowest BCUT2D eigenvalue weighted by Gasteiger charge is -2.40. The second-order valence-electron chi connectivity index (χ2n) is 5.47. The molecule has 0 saturated carbocycles. The highest BCUT2D eigenvalue weighted by atomic mass is 16.5. The van der Waals surface area contributed by atoms with Gasteiger partial charge in [-0.25, -0.2) is 0 Å². The van der Waals surface area contributed by atoms with Gasteiger partial charge in [-0.1, -0.05) is 0 Å². The van der Waals surface area contributed by atoms with Crippen LogP contribution in [-0.2, 0) is 9.53 Å². The van der Waals surface area contributed by atoms with Gasteiger partial charge in [-0.2, -0.15) is 0 Å². The molecule has 0 aliphatic carbocycles. The molecule has 0 spiro atoms. The van der Waals surface area contributed by atoms with Gasteiger partial charge in [0.25, 0.3) is 5.91 Å². The van der Waals surface area contributed by atoms with Crippen molar-refractivity contribution in [1.29, 1.82) is 0 Å². The summed E-state index contributed by atoms with van der Waals surface area (Å²) in [5.41, 5.74) is -0.821. The van der Waals surface area contributed by atoms with Crippen molar-refractivity contribution in [3.05, 3.63) is 0 Å². The molecular formula is C13H26N2O3. The lowest BCUT2D eigenvalue weighted by Crippen LogP contribution is -2.54. The fraction of sp³-hybridized carbons (Fsp3) is 0.923. The molecule has 1 N–H and O–H groups in total. The van der Waals surface area contributed by atoms with E-state index in [4.69, 9.17) is 9.84 Å². The number of carbonyl (C=O) groups is 1. The lowest BCUT2D eigenvalue weighted by molar-refractivity contribution is -0.155. The minimum Gasteiger partial charge on any atom is -0.395 e. The number of rotatable bonds is 5. The summed E-state index contributed by atoms with van der Waals surface area (Å²) in [6, 6.07) is 0.218. The fourth-order valence-corrected chi connectivity index (χ4v) is 2.30. The number of aliphatic hydroxyl groups excluding tert-OH is 1. The van der Waals surface area contributed by atoms with Crippen molar-refractivity contribution in [3.8, 4) is 0 Å². The molecule has 0 aromatic carbocycles. The molecule has 0 radical (unpaired) electrons. The monoisotopic (exact) mass is 258 g/mol. The molecule has 1 rings (SSSR count). The van der Waals surface area contributed by atoms with Crippen molar-refractivity contribution in [3.63, 3.8) is 0 Å². The maximum atomic E-state index is 12.4. The first kappa shape index (κ1) is 15.4. The van der Waals surface area contributed by atoms with Crippen LogP contribution in [0.15, 0.2) is 0 Å². The topological polar surface area (TPSA) is 53.0 Å². The van der Waals surface area contributed by atoms with Crippen molar-refractivity contribution in [2.24, 2.45) is 0 Å². The first-order chi connectivity index (χ1) is 8.42. The number of carbonyl (C=O) groups excluding carboxylic acids is 1. The van der Waals surface area contributed by atoms with Crippen LogP contribution in [0.25, 0.3) is 0 Å². The molecule has 1 fully saturated rings. The number of hydrogen-bond acceptors (Lipinski definition) is 4. The first-order valence-corrected chi connectivity index (χ1v) is 6.58. The summed E-state index contributed by atoms with van der Waals surface area (Å²) in [4.78, 5) is 16.5. The maximum absolute atomic E-state index is 12.4. The number of likely N-dealkylation sites (tertiary alicyclic amines) is 1. The van der Waals surface area contributed by atoms with Crippen LogP contribution in [0, 0.1) is 0 Å². The van der Waals surface area contributed by atoms with Gasteiger partial charge in [0, 0.05) is 19.7 Å². The molecule has 0 unspecified atom stereocenters. The van der Waals surface area contributed by atoms with E-state index in [0.717, 1.165) is 25.9 Å². The lowest BCUT2D eigenvalue weighted by atomic mass is 10.00. The molecular weight excluding hydrogens is 232 g/mol. The SMILES string of the molecule is COC(C)(C)C(=O)N(CCO)C1CCN(C)CC1. The van der Waals surface area contributed by atoms with Crippen LogP contribution >= 0.6 is 0 Å². The number of ether oxygens (including phenoxy) is 1. The summed E-state index contributed by atoms with van der Waals surface area (Å²) in [7, 11) is 3.64. The van der Waals surface area contributed by atoms with Gasteiger partial charge < -0.3 is 19.6 Å². The van der Waals surface area contributed by atoms with Gasteiger partial charge in [0.2, 0.25) is 0 Å².